The molecule has 0 amide bonds. The molecule has 0 unspecified atom stereocenters. The van der Waals surface area contributed by atoms with Crippen LogP contribution in [0.5, 0.6) is 0 Å². The van der Waals surface area contributed by atoms with Crippen LogP contribution in [-0.2, 0) is 0 Å². The minimum Gasteiger partial charge on any atom is -0.478 e. The number of carbonyl (C=O) groups excluding carboxylic acids is 1. The zero-order valence-electron chi connectivity index (χ0n) is 12.0. The number of aromatic nitrogens is 1. The maximum absolute atomic E-state index is 13.7. The summed E-state index contributed by atoms with van der Waals surface area (Å²) < 4.78 is 15.3. The summed E-state index contributed by atoms with van der Waals surface area (Å²) in [5.41, 5.74) is 1.56. The van der Waals surface area contributed by atoms with Crippen molar-refractivity contribution in [1.82, 2.24) is 4.57 Å². The van der Waals surface area contributed by atoms with E-state index in [-0.39, 0.29) is 16.4 Å². The van der Waals surface area contributed by atoms with Crippen LogP contribution in [0.4, 0.5) is 4.39 Å². The lowest BCUT2D eigenvalue weighted by Gasteiger charge is -2.06. The van der Waals surface area contributed by atoms with Crippen LogP contribution >= 0.6 is 11.6 Å². The van der Waals surface area contributed by atoms with Crippen molar-refractivity contribution in [2.45, 2.75) is 6.92 Å². The number of rotatable bonds is 3. The number of aromatic carboxylic acids is 1. The van der Waals surface area contributed by atoms with Crippen molar-refractivity contribution in [3.05, 3.63) is 64.6 Å². The van der Waals surface area contributed by atoms with Gasteiger partial charge < -0.3 is 9.67 Å². The second-order valence-corrected chi connectivity index (χ2v) is 5.51. The van der Waals surface area contributed by atoms with Crippen molar-refractivity contribution in [2.75, 3.05) is 0 Å². The van der Waals surface area contributed by atoms with E-state index in [1.807, 2.05) is 0 Å². The van der Waals surface area contributed by atoms with E-state index in [0.717, 1.165) is 0 Å². The van der Waals surface area contributed by atoms with Crippen LogP contribution in [0.15, 0.2) is 42.6 Å². The second kappa shape index (κ2) is 5.52. The van der Waals surface area contributed by atoms with E-state index in [1.54, 1.807) is 22.9 Å². The van der Waals surface area contributed by atoms with Crippen molar-refractivity contribution < 1.29 is 19.1 Å². The first-order valence-electron chi connectivity index (χ1n) is 6.73. The highest BCUT2D eigenvalue weighted by Gasteiger charge is 2.16. The molecular formula is C17H11ClFNO3. The first-order chi connectivity index (χ1) is 10.9. The Kier molecular flexibility index (Phi) is 3.66. The molecule has 1 aromatic heterocycles. The Bertz CT molecular complexity index is 962. The molecule has 23 heavy (non-hydrogen) atoms. The quantitative estimate of drug-likeness (QED) is 0.727. The Hall–Kier alpha value is -2.66. The summed E-state index contributed by atoms with van der Waals surface area (Å²) in [7, 11) is 0. The van der Waals surface area contributed by atoms with Crippen LogP contribution in [-0.4, -0.2) is 21.4 Å². The van der Waals surface area contributed by atoms with Crippen LogP contribution in [0.25, 0.3) is 16.6 Å². The molecule has 1 N–H and O–H groups in total. The largest absolute Gasteiger partial charge is 0.478 e. The zero-order valence-corrected chi connectivity index (χ0v) is 12.8. The van der Waals surface area contributed by atoms with E-state index in [0.29, 0.717) is 22.2 Å². The van der Waals surface area contributed by atoms with Crippen molar-refractivity contribution in [3.8, 4) is 5.69 Å². The molecule has 3 aromatic rings. The maximum atomic E-state index is 13.7. The number of ketones is 1. The van der Waals surface area contributed by atoms with Gasteiger partial charge in [-0.05, 0) is 43.3 Å². The zero-order chi connectivity index (χ0) is 16.7. The molecule has 0 saturated carbocycles. The number of hydrogen-bond acceptors (Lipinski definition) is 2. The molecule has 3 rings (SSSR count). The predicted octanol–water partition coefficient (Wildman–Crippen LogP) is 4.32. The molecule has 0 aliphatic carbocycles. The number of nitrogens with zero attached hydrogens (tertiary/aromatic N) is 1. The average molecular weight is 332 g/mol. The van der Waals surface area contributed by atoms with E-state index in [4.69, 9.17) is 16.7 Å². The molecule has 2 aromatic carbocycles. The normalized spacial score (nSPS) is 10.9. The van der Waals surface area contributed by atoms with Gasteiger partial charge in [-0.3, -0.25) is 4.79 Å². The molecule has 6 heteroatoms. The number of fused-ring (bicyclic) bond motifs is 1. The van der Waals surface area contributed by atoms with E-state index in [1.165, 1.54) is 31.2 Å². The van der Waals surface area contributed by atoms with E-state index < -0.39 is 11.8 Å². The van der Waals surface area contributed by atoms with E-state index in [2.05, 4.69) is 0 Å². The molecule has 0 aliphatic rings. The number of Topliss-reactive ketones (excluding diaryl/α,β-unsaturated/α-hetero) is 1. The Balaban J connectivity index is 2.31. The number of hydrogen-bond donors (Lipinski definition) is 1. The van der Waals surface area contributed by atoms with Crippen molar-refractivity contribution in [1.29, 1.82) is 0 Å². The molecule has 0 bridgehead atoms. The fourth-order valence-corrected chi connectivity index (χ4v) is 2.61. The number of halogens is 2. The third-order valence-electron chi connectivity index (χ3n) is 3.61. The molecule has 0 radical (unpaired) electrons. The SMILES string of the molecule is CC(=O)c1cn(-c2ccc(Cl)c(F)c2)c2ccc(C(=O)O)cc12. The third kappa shape index (κ3) is 2.59. The van der Waals surface area contributed by atoms with Crippen LogP contribution in [0.3, 0.4) is 0 Å². The smallest absolute Gasteiger partial charge is 0.335 e. The predicted molar refractivity (Wildman–Crippen MR) is 85.2 cm³/mol. The van der Waals surface area contributed by atoms with Crippen molar-refractivity contribution in [3.63, 3.8) is 0 Å². The topological polar surface area (TPSA) is 59.3 Å². The van der Waals surface area contributed by atoms with Gasteiger partial charge in [0.1, 0.15) is 5.82 Å². The summed E-state index contributed by atoms with van der Waals surface area (Å²) in [6.07, 6.45) is 1.57. The molecular weight excluding hydrogens is 321 g/mol. The highest BCUT2D eigenvalue weighted by molar-refractivity contribution is 6.30. The number of benzene rings is 2. The number of carboxylic acids is 1. The van der Waals surface area contributed by atoms with Crippen LogP contribution in [0.1, 0.15) is 27.6 Å². The van der Waals surface area contributed by atoms with Gasteiger partial charge in [-0.15, -0.1) is 0 Å². The molecule has 0 spiro atoms. The average Bonchev–Trinajstić information content (AvgIpc) is 2.89. The third-order valence-corrected chi connectivity index (χ3v) is 3.92. The van der Waals surface area contributed by atoms with Gasteiger partial charge in [-0.25, -0.2) is 9.18 Å². The van der Waals surface area contributed by atoms with Gasteiger partial charge >= 0.3 is 5.97 Å². The molecule has 0 saturated heterocycles. The Morgan fingerprint density at radius 3 is 2.52 bits per heavy atom. The lowest BCUT2D eigenvalue weighted by atomic mass is 10.1. The van der Waals surface area contributed by atoms with E-state index >= 15 is 0 Å². The molecule has 1 heterocycles. The van der Waals surface area contributed by atoms with Crippen molar-refractivity contribution >= 4 is 34.3 Å². The lowest BCUT2D eigenvalue weighted by Crippen LogP contribution is -1.97. The van der Waals surface area contributed by atoms with Gasteiger partial charge in [0, 0.05) is 22.8 Å². The molecule has 0 aliphatic heterocycles. The molecule has 4 nitrogen and oxygen atoms in total. The van der Waals surface area contributed by atoms with Gasteiger partial charge in [0.15, 0.2) is 5.78 Å². The summed E-state index contributed by atoms with van der Waals surface area (Å²) in [5, 5.41) is 9.62. The summed E-state index contributed by atoms with van der Waals surface area (Å²) in [4.78, 5) is 23.0. The minimum atomic E-state index is -1.08. The van der Waals surface area contributed by atoms with Gasteiger partial charge in [0.25, 0.3) is 0 Å². The highest BCUT2D eigenvalue weighted by atomic mass is 35.5. The summed E-state index contributed by atoms with van der Waals surface area (Å²) in [5.74, 6) is -1.85. The Morgan fingerprint density at radius 2 is 1.91 bits per heavy atom. The maximum Gasteiger partial charge on any atom is 0.335 e. The highest BCUT2D eigenvalue weighted by Crippen LogP contribution is 2.28. The summed E-state index contributed by atoms with van der Waals surface area (Å²) in [6.45, 7) is 1.40. The monoisotopic (exact) mass is 331 g/mol. The van der Waals surface area contributed by atoms with Gasteiger partial charge in [-0.2, -0.15) is 0 Å². The lowest BCUT2D eigenvalue weighted by molar-refractivity contribution is 0.0696. The second-order valence-electron chi connectivity index (χ2n) is 5.10. The van der Waals surface area contributed by atoms with Crippen LogP contribution in [0, 0.1) is 5.82 Å². The minimum absolute atomic E-state index is 0.00478. The number of carbonyl (C=O) groups is 2. The molecule has 0 atom stereocenters. The Labute approximate surface area is 135 Å². The van der Waals surface area contributed by atoms with Crippen molar-refractivity contribution in [2.24, 2.45) is 0 Å². The van der Waals surface area contributed by atoms with Gasteiger partial charge in [0.05, 0.1) is 16.1 Å². The summed E-state index contributed by atoms with van der Waals surface area (Å²) in [6, 6.07) is 8.79. The molecule has 0 fully saturated rings. The Morgan fingerprint density at radius 1 is 1.17 bits per heavy atom. The first kappa shape index (κ1) is 15.2. The summed E-state index contributed by atoms with van der Waals surface area (Å²) >= 11 is 5.69. The van der Waals surface area contributed by atoms with Crippen LogP contribution < -0.4 is 0 Å². The first-order valence-corrected chi connectivity index (χ1v) is 7.11. The van der Waals surface area contributed by atoms with E-state index in [9.17, 15) is 14.0 Å². The van der Waals surface area contributed by atoms with Crippen LogP contribution in [0.2, 0.25) is 5.02 Å². The standard InChI is InChI=1S/C17H11ClFNO3/c1-9(21)13-8-20(11-3-4-14(18)15(19)7-11)16-5-2-10(17(22)23)6-12(13)16/h2-8H,1H3,(H,22,23). The fourth-order valence-electron chi connectivity index (χ4n) is 2.49. The van der Waals surface area contributed by atoms with Gasteiger partial charge in [-0.1, -0.05) is 11.6 Å². The van der Waals surface area contributed by atoms with Gasteiger partial charge in [0.2, 0.25) is 0 Å². The molecule has 116 valence electrons. The fraction of sp³-hybridized carbons (Fsp3) is 0.0588. The number of carboxylic acid groups (broad SMARTS) is 1.